The Bertz CT molecular complexity index is 1460. The van der Waals surface area contributed by atoms with Gasteiger partial charge in [0.15, 0.2) is 5.82 Å². The Morgan fingerprint density at radius 2 is 1.72 bits per heavy atom. The number of aromatic amines is 1. The SMILES string of the molecule is O=C(NCCc1nc(-c2ccccc2)n[nH]1)c1ccc(-n2cc(NC(=O)c3cccnc3)cn2)cc1. The van der Waals surface area contributed by atoms with Gasteiger partial charge in [0, 0.05) is 36.5 Å². The third kappa shape index (κ3) is 5.33. The molecule has 2 amide bonds. The molecule has 5 aromatic rings. The zero-order valence-electron chi connectivity index (χ0n) is 19.1. The van der Waals surface area contributed by atoms with Gasteiger partial charge in [0.05, 0.1) is 29.3 Å². The van der Waals surface area contributed by atoms with Crippen LogP contribution in [0.3, 0.4) is 0 Å². The summed E-state index contributed by atoms with van der Waals surface area (Å²) in [6.07, 6.45) is 6.89. The summed E-state index contributed by atoms with van der Waals surface area (Å²) in [6.45, 7) is 0.420. The highest BCUT2D eigenvalue weighted by Gasteiger charge is 2.10. The number of pyridine rings is 1. The number of nitrogens with one attached hydrogen (secondary N) is 3. The third-order valence-electron chi connectivity index (χ3n) is 5.37. The second-order valence-corrected chi connectivity index (χ2v) is 7.89. The van der Waals surface area contributed by atoms with Gasteiger partial charge in [0.2, 0.25) is 0 Å². The molecule has 0 atom stereocenters. The number of aromatic nitrogens is 6. The monoisotopic (exact) mass is 478 g/mol. The molecule has 10 heteroatoms. The lowest BCUT2D eigenvalue weighted by molar-refractivity contribution is 0.0953. The van der Waals surface area contributed by atoms with Gasteiger partial charge < -0.3 is 10.6 Å². The molecule has 3 aromatic heterocycles. The molecule has 0 fully saturated rings. The molecule has 0 bridgehead atoms. The predicted molar refractivity (Wildman–Crippen MR) is 134 cm³/mol. The van der Waals surface area contributed by atoms with Crippen molar-refractivity contribution < 1.29 is 9.59 Å². The van der Waals surface area contributed by atoms with Gasteiger partial charge in [-0.3, -0.25) is 19.7 Å². The molecule has 0 saturated carbocycles. The fraction of sp³-hybridized carbons (Fsp3) is 0.0769. The average Bonchev–Trinajstić information content (AvgIpc) is 3.60. The quantitative estimate of drug-likeness (QED) is 0.314. The molecule has 3 heterocycles. The van der Waals surface area contributed by atoms with Crippen LogP contribution < -0.4 is 10.6 Å². The zero-order chi connectivity index (χ0) is 24.7. The van der Waals surface area contributed by atoms with Gasteiger partial charge in [-0.25, -0.2) is 9.67 Å². The summed E-state index contributed by atoms with van der Waals surface area (Å²) < 4.78 is 1.62. The van der Waals surface area contributed by atoms with Crippen LogP contribution >= 0.6 is 0 Å². The number of benzene rings is 2. The number of rotatable bonds is 8. The van der Waals surface area contributed by atoms with Crippen molar-refractivity contribution in [2.75, 3.05) is 11.9 Å². The normalized spacial score (nSPS) is 10.7. The summed E-state index contributed by atoms with van der Waals surface area (Å²) in [7, 11) is 0. The van der Waals surface area contributed by atoms with Gasteiger partial charge in [-0.2, -0.15) is 10.2 Å². The number of carbonyl (C=O) groups excluding carboxylic acids is 2. The number of hydrogen-bond acceptors (Lipinski definition) is 6. The lowest BCUT2D eigenvalue weighted by Gasteiger charge is -2.06. The highest BCUT2D eigenvalue weighted by atomic mass is 16.2. The topological polar surface area (TPSA) is 130 Å². The van der Waals surface area contributed by atoms with Crippen molar-refractivity contribution in [1.29, 1.82) is 0 Å². The van der Waals surface area contributed by atoms with E-state index in [9.17, 15) is 9.59 Å². The fourth-order valence-corrected chi connectivity index (χ4v) is 3.51. The van der Waals surface area contributed by atoms with Crippen LogP contribution in [0.1, 0.15) is 26.5 Å². The zero-order valence-corrected chi connectivity index (χ0v) is 19.1. The fourth-order valence-electron chi connectivity index (χ4n) is 3.51. The Kier molecular flexibility index (Phi) is 6.57. The van der Waals surface area contributed by atoms with Crippen LogP contribution in [0.5, 0.6) is 0 Å². The Morgan fingerprint density at radius 3 is 2.50 bits per heavy atom. The van der Waals surface area contributed by atoms with Gasteiger partial charge >= 0.3 is 0 Å². The van der Waals surface area contributed by atoms with E-state index in [0.29, 0.717) is 41.4 Å². The van der Waals surface area contributed by atoms with Gasteiger partial charge in [0.1, 0.15) is 5.82 Å². The van der Waals surface area contributed by atoms with Crippen molar-refractivity contribution in [3.8, 4) is 17.1 Å². The number of amides is 2. The predicted octanol–water partition coefficient (Wildman–Crippen LogP) is 3.28. The maximum Gasteiger partial charge on any atom is 0.257 e. The van der Waals surface area contributed by atoms with E-state index in [4.69, 9.17) is 0 Å². The minimum atomic E-state index is -0.267. The Balaban J connectivity index is 1.14. The number of hydrogen-bond donors (Lipinski definition) is 3. The molecular weight excluding hydrogens is 456 g/mol. The maximum absolute atomic E-state index is 12.5. The first kappa shape index (κ1) is 22.7. The van der Waals surface area contributed by atoms with Crippen molar-refractivity contribution in [3.63, 3.8) is 0 Å². The van der Waals surface area contributed by atoms with E-state index >= 15 is 0 Å². The number of carbonyl (C=O) groups is 2. The second-order valence-electron chi connectivity index (χ2n) is 7.89. The van der Waals surface area contributed by atoms with E-state index in [2.05, 4.69) is 35.9 Å². The Morgan fingerprint density at radius 1 is 0.889 bits per heavy atom. The van der Waals surface area contributed by atoms with Crippen LogP contribution in [0.2, 0.25) is 0 Å². The first-order chi connectivity index (χ1) is 17.7. The van der Waals surface area contributed by atoms with Gasteiger partial charge in [-0.1, -0.05) is 30.3 Å². The lowest BCUT2D eigenvalue weighted by Crippen LogP contribution is -2.25. The molecule has 36 heavy (non-hydrogen) atoms. The molecule has 0 aliphatic carbocycles. The molecule has 5 rings (SSSR count). The van der Waals surface area contributed by atoms with Crippen molar-refractivity contribution in [2.24, 2.45) is 0 Å². The first-order valence-electron chi connectivity index (χ1n) is 11.3. The van der Waals surface area contributed by atoms with Crippen LogP contribution in [-0.2, 0) is 6.42 Å². The number of anilines is 1. The molecule has 0 radical (unpaired) electrons. The van der Waals surface area contributed by atoms with Gasteiger partial charge in [-0.05, 0) is 36.4 Å². The highest BCUT2D eigenvalue weighted by molar-refractivity contribution is 6.03. The Labute approximate surface area is 206 Å². The molecule has 178 valence electrons. The van der Waals surface area contributed by atoms with Gasteiger partial charge in [-0.15, -0.1) is 0 Å². The molecule has 3 N–H and O–H groups in total. The van der Waals surface area contributed by atoms with E-state index in [-0.39, 0.29) is 11.8 Å². The molecular formula is C26H22N8O2. The highest BCUT2D eigenvalue weighted by Crippen LogP contribution is 2.15. The van der Waals surface area contributed by atoms with E-state index in [1.807, 2.05) is 30.3 Å². The average molecular weight is 479 g/mol. The molecule has 10 nitrogen and oxygen atoms in total. The van der Waals surface area contributed by atoms with Crippen molar-refractivity contribution >= 4 is 17.5 Å². The summed E-state index contributed by atoms with van der Waals surface area (Å²) in [4.78, 5) is 33.2. The van der Waals surface area contributed by atoms with E-state index in [1.165, 1.54) is 6.20 Å². The molecule has 2 aromatic carbocycles. The lowest BCUT2D eigenvalue weighted by atomic mass is 10.2. The van der Waals surface area contributed by atoms with Crippen LogP contribution in [0.4, 0.5) is 5.69 Å². The van der Waals surface area contributed by atoms with Crippen LogP contribution in [0, 0.1) is 0 Å². The second kappa shape index (κ2) is 10.4. The van der Waals surface area contributed by atoms with E-state index < -0.39 is 0 Å². The minimum absolute atomic E-state index is 0.186. The third-order valence-corrected chi connectivity index (χ3v) is 5.37. The van der Waals surface area contributed by atoms with E-state index in [1.54, 1.807) is 59.7 Å². The van der Waals surface area contributed by atoms with Crippen LogP contribution in [-0.4, -0.2) is 48.3 Å². The van der Waals surface area contributed by atoms with Crippen molar-refractivity contribution in [3.05, 3.63) is 108 Å². The Hall–Kier alpha value is -5.12. The molecule has 0 aliphatic heterocycles. The smallest absolute Gasteiger partial charge is 0.257 e. The summed E-state index contributed by atoms with van der Waals surface area (Å²) in [5.41, 5.74) is 3.22. The summed E-state index contributed by atoms with van der Waals surface area (Å²) in [5.74, 6) is 0.881. The minimum Gasteiger partial charge on any atom is -0.352 e. The standard InChI is InChI=1S/C26H22N8O2/c35-25(28-14-12-23-31-24(33-32-23)18-5-2-1-3-6-18)19-8-10-22(11-9-19)34-17-21(16-29-34)30-26(36)20-7-4-13-27-15-20/h1-11,13,15-17H,12,14H2,(H,28,35)(H,30,36)(H,31,32,33). The molecule has 0 aliphatic rings. The van der Waals surface area contributed by atoms with Crippen LogP contribution in [0.15, 0.2) is 91.5 Å². The summed E-state index contributed by atoms with van der Waals surface area (Å²) in [6, 6.07) is 20.1. The molecule has 0 spiro atoms. The number of H-pyrrole nitrogens is 1. The molecule has 0 unspecified atom stereocenters. The summed E-state index contributed by atoms with van der Waals surface area (Å²) >= 11 is 0. The maximum atomic E-state index is 12.5. The van der Waals surface area contributed by atoms with Crippen molar-refractivity contribution in [2.45, 2.75) is 6.42 Å². The first-order valence-corrected chi connectivity index (χ1v) is 11.3. The van der Waals surface area contributed by atoms with E-state index in [0.717, 1.165) is 11.3 Å². The van der Waals surface area contributed by atoms with Crippen molar-refractivity contribution in [1.82, 2.24) is 35.3 Å². The van der Waals surface area contributed by atoms with Crippen LogP contribution in [0.25, 0.3) is 17.1 Å². The van der Waals surface area contributed by atoms with Gasteiger partial charge in [0.25, 0.3) is 11.8 Å². The largest absolute Gasteiger partial charge is 0.352 e. The summed E-state index contributed by atoms with van der Waals surface area (Å²) in [5, 5.41) is 17.1. The molecule has 0 saturated heterocycles. The number of nitrogens with zero attached hydrogens (tertiary/aromatic N) is 5.